The average molecular weight is 385 g/mol. The number of esters is 1. The molecule has 0 fully saturated rings. The van der Waals surface area contributed by atoms with Crippen LogP contribution in [-0.2, 0) is 9.53 Å². The van der Waals surface area contributed by atoms with Gasteiger partial charge in [-0.1, -0.05) is 97.3 Å². The van der Waals surface area contributed by atoms with Crippen molar-refractivity contribution in [1.29, 1.82) is 0 Å². The zero-order valence-corrected chi connectivity index (χ0v) is 18.5. The molecular weight excluding hydrogens is 336 g/mol. The van der Waals surface area contributed by atoms with Gasteiger partial charge in [0.1, 0.15) is 0 Å². The standard InChI is InChI=1S/C24H48O3/c1-3-5-7-9-11-15-19-23(20-16-12-10-8-6-4-2)24(26)27-22-18-14-13-17-21-25/h23,25H,3-22H2,1-2H3. The largest absolute Gasteiger partial charge is 0.465 e. The molecule has 0 heterocycles. The second kappa shape index (κ2) is 21.7. The fourth-order valence-corrected chi connectivity index (χ4v) is 3.58. The van der Waals surface area contributed by atoms with Crippen LogP contribution < -0.4 is 0 Å². The highest BCUT2D eigenvalue weighted by Gasteiger charge is 2.19. The van der Waals surface area contributed by atoms with E-state index in [2.05, 4.69) is 13.8 Å². The van der Waals surface area contributed by atoms with Gasteiger partial charge in [-0.3, -0.25) is 4.79 Å². The van der Waals surface area contributed by atoms with Crippen molar-refractivity contribution in [2.24, 2.45) is 5.92 Å². The van der Waals surface area contributed by atoms with Gasteiger partial charge >= 0.3 is 5.97 Å². The number of rotatable bonds is 21. The van der Waals surface area contributed by atoms with Gasteiger partial charge in [-0.15, -0.1) is 0 Å². The molecule has 0 radical (unpaired) electrons. The molecule has 0 rings (SSSR count). The Kier molecular flexibility index (Phi) is 21.3. The Morgan fingerprint density at radius 2 is 1.11 bits per heavy atom. The number of unbranched alkanes of at least 4 members (excludes halogenated alkanes) is 13. The lowest BCUT2D eigenvalue weighted by Crippen LogP contribution is -2.18. The summed E-state index contributed by atoms with van der Waals surface area (Å²) >= 11 is 0. The number of hydrogen-bond acceptors (Lipinski definition) is 3. The molecule has 3 heteroatoms. The van der Waals surface area contributed by atoms with Crippen molar-refractivity contribution in [1.82, 2.24) is 0 Å². The first-order chi connectivity index (χ1) is 13.3. The number of hydrogen-bond donors (Lipinski definition) is 1. The molecule has 27 heavy (non-hydrogen) atoms. The van der Waals surface area contributed by atoms with Gasteiger partial charge in [0.15, 0.2) is 0 Å². The molecule has 0 saturated carbocycles. The van der Waals surface area contributed by atoms with Gasteiger partial charge in [-0.2, -0.15) is 0 Å². The first-order valence-corrected chi connectivity index (χ1v) is 12.0. The summed E-state index contributed by atoms with van der Waals surface area (Å²) in [5.74, 6) is 0.152. The van der Waals surface area contributed by atoms with Crippen molar-refractivity contribution >= 4 is 5.97 Å². The van der Waals surface area contributed by atoms with Crippen LogP contribution in [0.3, 0.4) is 0 Å². The average Bonchev–Trinajstić information content (AvgIpc) is 2.68. The Labute approximate surface area is 169 Å². The summed E-state index contributed by atoms with van der Waals surface area (Å²) in [4.78, 5) is 12.5. The first-order valence-electron chi connectivity index (χ1n) is 12.0. The van der Waals surface area contributed by atoms with Gasteiger partial charge in [0, 0.05) is 6.61 Å². The Morgan fingerprint density at radius 1 is 0.667 bits per heavy atom. The molecule has 0 aliphatic carbocycles. The highest BCUT2D eigenvalue weighted by atomic mass is 16.5. The molecule has 0 amide bonds. The Bertz CT molecular complexity index is 288. The summed E-state index contributed by atoms with van der Waals surface area (Å²) in [7, 11) is 0. The van der Waals surface area contributed by atoms with E-state index in [0.717, 1.165) is 51.4 Å². The predicted octanol–water partition coefficient (Wildman–Crippen LogP) is 7.20. The molecule has 0 bridgehead atoms. The van der Waals surface area contributed by atoms with Crippen LogP contribution in [-0.4, -0.2) is 24.3 Å². The number of carbonyl (C=O) groups excluding carboxylic acids is 1. The van der Waals surface area contributed by atoms with E-state index in [1.165, 1.54) is 64.2 Å². The van der Waals surface area contributed by atoms with Crippen LogP contribution in [0.1, 0.15) is 129 Å². The van der Waals surface area contributed by atoms with Gasteiger partial charge in [-0.25, -0.2) is 0 Å². The number of ether oxygens (including phenoxy) is 1. The SMILES string of the molecule is CCCCCCCCC(CCCCCCCC)C(=O)OCCCCCCO. The third-order valence-corrected chi connectivity index (χ3v) is 5.44. The summed E-state index contributed by atoms with van der Waals surface area (Å²) in [6.45, 7) is 5.30. The van der Waals surface area contributed by atoms with Crippen LogP contribution >= 0.6 is 0 Å². The molecule has 162 valence electrons. The Morgan fingerprint density at radius 3 is 1.63 bits per heavy atom. The lowest BCUT2D eigenvalue weighted by atomic mass is 9.94. The van der Waals surface area contributed by atoms with E-state index < -0.39 is 0 Å². The van der Waals surface area contributed by atoms with Crippen molar-refractivity contribution in [2.45, 2.75) is 129 Å². The maximum atomic E-state index is 12.5. The summed E-state index contributed by atoms with van der Waals surface area (Å²) < 4.78 is 5.57. The van der Waals surface area contributed by atoms with E-state index in [9.17, 15) is 4.79 Å². The van der Waals surface area contributed by atoms with E-state index in [1.807, 2.05) is 0 Å². The molecule has 0 spiro atoms. The zero-order chi connectivity index (χ0) is 20.0. The van der Waals surface area contributed by atoms with Crippen molar-refractivity contribution in [3.63, 3.8) is 0 Å². The molecule has 1 N–H and O–H groups in total. The molecular formula is C24H48O3. The van der Waals surface area contributed by atoms with Crippen LogP contribution in [0.25, 0.3) is 0 Å². The maximum Gasteiger partial charge on any atom is 0.308 e. The van der Waals surface area contributed by atoms with Crippen LogP contribution in [0, 0.1) is 5.92 Å². The van der Waals surface area contributed by atoms with Gasteiger partial charge in [-0.05, 0) is 32.1 Å². The Hall–Kier alpha value is -0.570. The lowest BCUT2D eigenvalue weighted by molar-refractivity contribution is -0.149. The molecule has 3 nitrogen and oxygen atoms in total. The minimum Gasteiger partial charge on any atom is -0.465 e. The molecule has 0 aromatic heterocycles. The van der Waals surface area contributed by atoms with E-state index in [1.54, 1.807) is 0 Å². The zero-order valence-electron chi connectivity index (χ0n) is 18.5. The van der Waals surface area contributed by atoms with Crippen LogP contribution in [0.2, 0.25) is 0 Å². The molecule has 0 aromatic rings. The normalized spacial score (nSPS) is 11.3. The smallest absolute Gasteiger partial charge is 0.308 e. The first kappa shape index (κ1) is 26.4. The Balaban J connectivity index is 4.02. The van der Waals surface area contributed by atoms with Gasteiger partial charge in [0.25, 0.3) is 0 Å². The summed E-state index contributed by atoms with van der Waals surface area (Å²) in [6, 6.07) is 0. The van der Waals surface area contributed by atoms with E-state index in [4.69, 9.17) is 9.84 Å². The third kappa shape index (κ3) is 18.6. The van der Waals surface area contributed by atoms with Crippen molar-refractivity contribution in [2.75, 3.05) is 13.2 Å². The molecule has 0 aromatic carbocycles. The summed E-state index contributed by atoms with van der Waals surface area (Å²) in [6.07, 6.45) is 21.2. The van der Waals surface area contributed by atoms with Crippen molar-refractivity contribution in [3.8, 4) is 0 Å². The summed E-state index contributed by atoms with van der Waals surface area (Å²) in [5.41, 5.74) is 0. The number of carbonyl (C=O) groups is 1. The summed E-state index contributed by atoms with van der Waals surface area (Å²) in [5, 5.41) is 8.80. The van der Waals surface area contributed by atoms with Crippen LogP contribution in [0.15, 0.2) is 0 Å². The van der Waals surface area contributed by atoms with Crippen molar-refractivity contribution in [3.05, 3.63) is 0 Å². The quantitative estimate of drug-likeness (QED) is 0.168. The fourth-order valence-electron chi connectivity index (χ4n) is 3.58. The van der Waals surface area contributed by atoms with Crippen molar-refractivity contribution < 1.29 is 14.6 Å². The molecule has 0 unspecified atom stereocenters. The van der Waals surface area contributed by atoms with Crippen LogP contribution in [0.5, 0.6) is 0 Å². The predicted molar refractivity (Wildman–Crippen MR) is 116 cm³/mol. The van der Waals surface area contributed by atoms with Gasteiger partial charge in [0.2, 0.25) is 0 Å². The number of aliphatic hydroxyl groups excluding tert-OH is 1. The molecule has 0 aliphatic heterocycles. The maximum absolute atomic E-state index is 12.5. The number of aliphatic hydroxyl groups is 1. The second-order valence-corrected chi connectivity index (χ2v) is 8.12. The molecule has 0 aliphatic rings. The minimum atomic E-state index is 0.0410. The second-order valence-electron chi connectivity index (χ2n) is 8.12. The van der Waals surface area contributed by atoms with Gasteiger partial charge < -0.3 is 9.84 Å². The third-order valence-electron chi connectivity index (χ3n) is 5.44. The van der Waals surface area contributed by atoms with E-state index in [-0.39, 0.29) is 18.5 Å². The highest BCUT2D eigenvalue weighted by molar-refractivity contribution is 5.72. The van der Waals surface area contributed by atoms with E-state index in [0.29, 0.717) is 6.61 Å². The lowest BCUT2D eigenvalue weighted by Gasteiger charge is -2.16. The topological polar surface area (TPSA) is 46.5 Å². The van der Waals surface area contributed by atoms with Gasteiger partial charge in [0.05, 0.1) is 12.5 Å². The monoisotopic (exact) mass is 384 g/mol. The minimum absolute atomic E-state index is 0.0410. The van der Waals surface area contributed by atoms with Crippen LogP contribution in [0.4, 0.5) is 0 Å². The van der Waals surface area contributed by atoms with E-state index >= 15 is 0 Å². The molecule has 0 atom stereocenters. The molecule has 0 saturated heterocycles. The fraction of sp³-hybridized carbons (Fsp3) is 0.958. The highest BCUT2D eigenvalue weighted by Crippen LogP contribution is 2.21.